The lowest BCUT2D eigenvalue weighted by molar-refractivity contribution is -0.159. The SMILES string of the molecule is COc1ccc(NC(=O)CC2C(=O)OCCN2Cc2ccccc2)c(OC)c1. The zero-order valence-corrected chi connectivity index (χ0v) is 16.0. The van der Waals surface area contributed by atoms with Gasteiger partial charge in [-0.1, -0.05) is 30.3 Å². The topological polar surface area (TPSA) is 77.1 Å². The van der Waals surface area contributed by atoms with E-state index in [1.165, 1.54) is 7.11 Å². The number of rotatable bonds is 7. The van der Waals surface area contributed by atoms with Crippen molar-refractivity contribution in [3.05, 3.63) is 54.1 Å². The number of carbonyl (C=O) groups is 2. The lowest BCUT2D eigenvalue weighted by atomic mass is 10.1. The molecule has 1 fully saturated rings. The molecule has 0 saturated carbocycles. The summed E-state index contributed by atoms with van der Waals surface area (Å²) in [5.74, 6) is 0.448. The summed E-state index contributed by atoms with van der Waals surface area (Å²) in [4.78, 5) is 26.9. The summed E-state index contributed by atoms with van der Waals surface area (Å²) < 4.78 is 15.6. The Labute approximate surface area is 164 Å². The fourth-order valence-corrected chi connectivity index (χ4v) is 3.16. The van der Waals surface area contributed by atoms with Crippen LogP contribution in [-0.2, 0) is 20.9 Å². The lowest BCUT2D eigenvalue weighted by Crippen LogP contribution is -2.49. The number of methoxy groups -OCH3 is 2. The first-order chi connectivity index (χ1) is 13.6. The fourth-order valence-electron chi connectivity index (χ4n) is 3.16. The molecule has 1 N–H and O–H groups in total. The highest BCUT2D eigenvalue weighted by molar-refractivity contribution is 5.95. The molecule has 1 amide bonds. The molecule has 148 valence electrons. The Morgan fingerprint density at radius 3 is 2.68 bits per heavy atom. The zero-order valence-electron chi connectivity index (χ0n) is 16.0. The van der Waals surface area contributed by atoms with Crippen molar-refractivity contribution in [3.63, 3.8) is 0 Å². The van der Waals surface area contributed by atoms with Crippen molar-refractivity contribution >= 4 is 17.6 Å². The van der Waals surface area contributed by atoms with Gasteiger partial charge in [-0.15, -0.1) is 0 Å². The van der Waals surface area contributed by atoms with Crippen molar-refractivity contribution in [2.24, 2.45) is 0 Å². The minimum atomic E-state index is -0.627. The third kappa shape index (κ3) is 4.80. The van der Waals surface area contributed by atoms with E-state index in [9.17, 15) is 9.59 Å². The molecule has 7 nitrogen and oxygen atoms in total. The standard InChI is InChI=1S/C21H24N2O5/c1-26-16-8-9-17(19(12-16)27-2)22-20(24)13-18-21(25)28-11-10-23(18)14-15-6-4-3-5-7-15/h3-9,12,18H,10-11,13-14H2,1-2H3,(H,22,24). The number of cyclic esters (lactones) is 1. The third-order valence-corrected chi connectivity index (χ3v) is 4.63. The molecule has 2 aromatic rings. The number of hydrogen-bond acceptors (Lipinski definition) is 6. The number of amides is 1. The molecule has 1 heterocycles. The molecule has 3 rings (SSSR count). The maximum Gasteiger partial charge on any atom is 0.323 e. The molecule has 28 heavy (non-hydrogen) atoms. The highest BCUT2D eigenvalue weighted by atomic mass is 16.5. The second kappa shape index (κ2) is 9.23. The van der Waals surface area contributed by atoms with Gasteiger partial charge in [0.15, 0.2) is 0 Å². The molecule has 7 heteroatoms. The number of benzene rings is 2. The van der Waals surface area contributed by atoms with Crippen molar-refractivity contribution in [3.8, 4) is 11.5 Å². The second-order valence-corrected chi connectivity index (χ2v) is 6.46. The van der Waals surface area contributed by atoms with Gasteiger partial charge < -0.3 is 19.5 Å². The first kappa shape index (κ1) is 19.7. The van der Waals surface area contributed by atoms with Crippen LogP contribution < -0.4 is 14.8 Å². The molecule has 0 bridgehead atoms. The Hall–Kier alpha value is -3.06. The van der Waals surface area contributed by atoms with E-state index in [1.807, 2.05) is 35.2 Å². The summed E-state index contributed by atoms with van der Waals surface area (Å²) in [5, 5.41) is 2.81. The number of nitrogens with one attached hydrogen (secondary N) is 1. The van der Waals surface area contributed by atoms with E-state index in [2.05, 4.69) is 5.32 Å². The summed E-state index contributed by atoms with van der Waals surface area (Å²) in [5.41, 5.74) is 1.60. The van der Waals surface area contributed by atoms with Crippen LogP contribution in [0.25, 0.3) is 0 Å². The van der Waals surface area contributed by atoms with Gasteiger partial charge >= 0.3 is 5.97 Å². The number of anilines is 1. The number of morpholine rings is 1. The summed E-state index contributed by atoms with van der Waals surface area (Å²) in [6.07, 6.45) is 0.000844. The number of hydrogen-bond donors (Lipinski definition) is 1. The van der Waals surface area contributed by atoms with Crippen LogP contribution in [0.5, 0.6) is 11.5 Å². The molecule has 0 aromatic heterocycles. The van der Waals surface area contributed by atoms with Crippen LogP contribution in [0.15, 0.2) is 48.5 Å². The van der Waals surface area contributed by atoms with Gasteiger partial charge in [0.2, 0.25) is 5.91 Å². The second-order valence-electron chi connectivity index (χ2n) is 6.46. The van der Waals surface area contributed by atoms with Crippen LogP contribution in [0, 0.1) is 0 Å². The molecule has 0 aliphatic carbocycles. The average Bonchev–Trinajstić information content (AvgIpc) is 2.71. The zero-order chi connectivity index (χ0) is 19.9. The minimum absolute atomic E-state index is 0.000844. The molecule has 1 unspecified atom stereocenters. The van der Waals surface area contributed by atoms with Gasteiger partial charge in [-0.05, 0) is 17.7 Å². The van der Waals surface area contributed by atoms with E-state index in [0.717, 1.165) is 5.56 Å². The van der Waals surface area contributed by atoms with Crippen LogP contribution in [0.3, 0.4) is 0 Å². The molecular weight excluding hydrogens is 360 g/mol. The Kier molecular flexibility index (Phi) is 6.49. The van der Waals surface area contributed by atoms with Crippen LogP contribution in [0.4, 0.5) is 5.69 Å². The van der Waals surface area contributed by atoms with Gasteiger partial charge in [-0.3, -0.25) is 14.5 Å². The monoisotopic (exact) mass is 384 g/mol. The summed E-state index contributed by atoms with van der Waals surface area (Å²) in [7, 11) is 3.08. The van der Waals surface area contributed by atoms with E-state index < -0.39 is 6.04 Å². The first-order valence-corrected chi connectivity index (χ1v) is 9.07. The number of ether oxygens (including phenoxy) is 3. The van der Waals surface area contributed by atoms with Gasteiger partial charge in [0, 0.05) is 19.2 Å². The first-order valence-electron chi connectivity index (χ1n) is 9.07. The minimum Gasteiger partial charge on any atom is -0.497 e. The van der Waals surface area contributed by atoms with E-state index >= 15 is 0 Å². The highest BCUT2D eigenvalue weighted by Gasteiger charge is 2.33. The van der Waals surface area contributed by atoms with Gasteiger partial charge in [0.05, 0.1) is 26.3 Å². The lowest BCUT2D eigenvalue weighted by Gasteiger charge is -2.33. The van der Waals surface area contributed by atoms with Crippen molar-refractivity contribution in [2.75, 3.05) is 32.7 Å². The molecule has 0 spiro atoms. The van der Waals surface area contributed by atoms with E-state index in [4.69, 9.17) is 14.2 Å². The maximum atomic E-state index is 12.6. The maximum absolute atomic E-state index is 12.6. The van der Waals surface area contributed by atoms with Crippen molar-refractivity contribution in [2.45, 2.75) is 19.0 Å². The molecule has 0 radical (unpaired) electrons. The third-order valence-electron chi connectivity index (χ3n) is 4.63. The van der Waals surface area contributed by atoms with Crippen LogP contribution >= 0.6 is 0 Å². The Morgan fingerprint density at radius 1 is 1.18 bits per heavy atom. The smallest absolute Gasteiger partial charge is 0.323 e. The van der Waals surface area contributed by atoms with Gasteiger partial charge in [-0.2, -0.15) is 0 Å². The summed E-state index contributed by atoms with van der Waals surface area (Å²) in [6.45, 7) is 1.50. The van der Waals surface area contributed by atoms with Crippen molar-refractivity contribution in [1.29, 1.82) is 0 Å². The fraction of sp³-hybridized carbons (Fsp3) is 0.333. The van der Waals surface area contributed by atoms with Gasteiger partial charge in [0.25, 0.3) is 0 Å². The van der Waals surface area contributed by atoms with Crippen molar-refractivity contribution in [1.82, 2.24) is 4.90 Å². The average molecular weight is 384 g/mol. The predicted molar refractivity (Wildman–Crippen MR) is 104 cm³/mol. The molecule has 2 aromatic carbocycles. The molecule has 1 aliphatic heterocycles. The van der Waals surface area contributed by atoms with Gasteiger partial charge in [-0.25, -0.2) is 0 Å². The molecule has 1 aliphatic rings. The van der Waals surface area contributed by atoms with Crippen LogP contribution in [-0.4, -0.2) is 50.2 Å². The van der Waals surface area contributed by atoms with Crippen molar-refractivity contribution < 1.29 is 23.8 Å². The predicted octanol–water partition coefficient (Wildman–Crippen LogP) is 2.46. The number of esters is 1. The van der Waals surface area contributed by atoms with E-state index in [-0.39, 0.29) is 18.3 Å². The summed E-state index contributed by atoms with van der Waals surface area (Å²) in [6, 6.07) is 14.3. The number of carbonyl (C=O) groups excluding carboxylic acids is 2. The Morgan fingerprint density at radius 2 is 1.96 bits per heavy atom. The Balaban J connectivity index is 1.69. The van der Waals surface area contributed by atoms with Gasteiger partial charge in [0.1, 0.15) is 24.1 Å². The molecule has 1 atom stereocenters. The van der Waals surface area contributed by atoms with Crippen LogP contribution in [0.1, 0.15) is 12.0 Å². The highest BCUT2D eigenvalue weighted by Crippen LogP contribution is 2.29. The Bertz CT molecular complexity index is 825. The molecular formula is C21H24N2O5. The largest absolute Gasteiger partial charge is 0.497 e. The van der Waals surface area contributed by atoms with E-state index in [0.29, 0.717) is 36.9 Å². The number of nitrogens with zero attached hydrogens (tertiary/aromatic N) is 1. The van der Waals surface area contributed by atoms with E-state index in [1.54, 1.807) is 25.3 Å². The van der Waals surface area contributed by atoms with Crippen LogP contribution in [0.2, 0.25) is 0 Å². The quantitative estimate of drug-likeness (QED) is 0.739. The summed E-state index contributed by atoms with van der Waals surface area (Å²) >= 11 is 0. The molecule has 1 saturated heterocycles. The normalized spacial score (nSPS) is 16.9.